The molecule has 3 aliphatic rings. The molecule has 1 aliphatic carbocycles. The van der Waals surface area contributed by atoms with Crippen LogP contribution in [0.3, 0.4) is 0 Å². The molecule has 0 atom stereocenters. The number of allylic oxidation sites excluding steroid dienone is 8. The fourth-order valence-corrected chi connectivity index (χ4v) is 10.3. The number of sulfonamides is 1. The molecule has 0 amide bonds. The Morgan fingerprint density at radius 3 is 1.43 bits per heavy atom. The van der Waals surface area contributed by atoms with Crippen molar-refractivity contribution in [2.75, 3.05) is 41.4 Å². The van der Waals surface area contributed by atoms with Crippen LogP contribution in [-0.4, -0.2) is 80.9 Å². The van der Waals surface area contributed by atoms with E-state index in [0.29, 0.717) is 59.1 Å². The molecule has 18 heteroatoms. The minimum Gasteiger partial charge on any atom is -0.344 e. The van der Waals surface area contributed by atoms with Crippen LogP contribution in [0.5, 0.6) is 0 Å². The van der Waals surface area contributed by atoms with Crippen molar-refractivity contribution in [3.63, 3.8) is 0 Å². The van der Waals surface area contributed by atoms with Gasteiger partial charge in [0.25, 0.3) is 20.2 Å². The van der Waals surface area contributed by atoms with Gasteiger partial charge in [0.2, 0.25) is 5.71 Å². The number of nitrogens with zero attached hydrogens (tertiary/aromatic N) is 5. The number of benzene rings is 2. The highest BCUT2D eigenvalue weighted by Gasteiger charge is 2.50. The lowest BCUT2D eigenvalue weighted by Crippen LogP contribution is -2.36. The average Bonchev–Trinajstić information content (AvgIpc) is 3.72. The minimum absolute atomic E-state index is 0.0739. The Kier molecular flexibility index (Phi) is 13.1. The summed E-state index contributed by atoms with van der Waals surface area (Å²) in [5.41, 5.74) is 5.20. The first-order chi connectivity index (χ1) is 27.7. The predicted molar refractivity (Wildman–Crippen MR) is 227 cm³/mol. The minimum atomic E-state index is -5.21. The number of hydrogen-bond acceptors (Lipinski definition) is 10. The quantitative estimate of drug-likeness (QED) is 0.111. The first kappa shape index (κ1) is 46.3. The molecule has 2 N–H and O–H groups in total. The zero-order valence-electron chi connectivity index (χ0n) is 34.4. The van der Waals surface area contributed by atoms with Crippen molar-refractivity contribution in [3.05, 3.63) is 105 Å². The summed E-state index contributed by atoms with van der Waals surface area (Å²) in [7, 11) is -12.5. The van der Waals surface area contributed by atoms with Crippen molar-refractivity contribution in [3.8, 4) is 12.1 Å². The summed E-state index contributed by atoms with van der Waals surface area (Å²) in [6.45, 7) is 8.84. The van der Waals surface area contributed by atoms with E-state index >= 15 is 0 Å². The van der Waals surface area contributed by atoms with Crippen LogP contribution in [0.2, 0.25) is 0 Å². The van der Waals surface area contributed by atoms with E-state index in [4.69, 9.17) is 0 Å². The van der Waals surface area contributed by atoms with Gasteiger partial charge in [-0.25, -0.2) is 0 Å². The van der Waals surface area contributed by atoms with Crippen LogP contribution in [0, 0.1) is 22.7 Å². The highest BCUT2D eigenvalue weighted by atomic mass is 32.2. The Morgan fingerprint density at radius 1 is 0.717 bits per heavy atom. The van der Waals surface area contributed by atoms with Crippen LogP contribution in [0.15, 0.2) is 83.2 Å². The van der Waals surface area contributed by atoms with Gasteiger partial charge in [0.15, 0.2) is 7.05 Å². The molecular formula is C42H50F2N5O8S3+. The number of nitriles is 2. The molecule has 2 aromatic rings. The molecule has 0 unspecified atom stereocenters. The fourth-order valence-electron chi connectivity index (χ4n) is 8.24. The molecule has 0 radical (unpaired) electrons. The smallest absolute Gasteiger partial charge is 0.344 e. The molecule has 13 nitrogen and oxygen atoms in total. The van der Waals surface area contributed by atoms with E-state index in [0.717, 1.165) is 40.9 Å². The highest BCUT2D eigenvalue weighted by Crippen LogP contribution is 2.50. The number of rotatable bonds is 14. The van der Waals surface area contributed by atoms with Crippen LogP contribution in [0.4, 0.5) is 20.2 Å². The van der Waals surface area contributed by atoms with Crippen LogP contribution in [-0.2, 0) is 41.1 Å². The standard InChI is InChI=1S/C42H49F2N5O8S3/c1-40(2)33-25-29(27-45)11-17-35(33)48(21-7-9-23-58(50,51)52)37(40)19-15-31-13-14-32(39(31)47(6)60(56,57)42(5,43)44)16-20-38-41(3,4)34-26-30(28-46)12-18-36(34)49(38)22-8-10-24-59(53,54)55/h11-12,15-20,25-26H,7-10,13-14,21-24H2,1-6H3,(H-,50,51,52,53,54,55)/p+1. The monoisotopic (exact) mass is 886 g/mol. The Morgan fingerprint density at radius 2 is 1.10 bits per heavy atom. The van der Waals surface area contributed by atoms with Crippen LogP contribution in [0.25, 0.3) is 0 Å². The lowest BCUT2D eigenvalue weighted by Gasteiger charge is -2.27. The SMILES string of the molecule is C[N+](=C1C(=CC=C2N(CCCCS(=O)(=O)O)c3ccc(C#N)cc3C2(C)C)CC/C1=C\C=C1\N(CCCCS(=O)(=O)O)c2ccc(C#N)cc2C1(C)C)S(=O)(=O)C(C)(F)F. The molecule has 0 aromatic heterocycles. The molecular weight excluding hydrogens is 837 g/mol. The second-order valence-electron chi connectivity index (χ2n) is 16.3. The summed E-state index contributed by atoms with van der Waals surface area (Å²) in [4.78, 5) is 3.96. The Labute approximate surface area is 351 Å². The van der Waals surface area contributed by atoms with Crippen molar-refractivity contribution in [1.29, 1.82) is 10.5 Å². The first-order valence-corrected chi connectivity index (χ1v) is 24.0. The average molecular weight is 887 g/mol. The number of hydrogen-bond donors (Lipinski definition) is 2. The van der Waals surface area contributed by atoms with E-state index < -0.39 is 57.8 Å². The maximum Gasteiger partial charge on any atom is 0.429 e. The number of fused-ring (bicyclic) bond motifs is 2. The maximum atomic E-state index is 14.8. The van der Waals surface area contributed by atoms with Gasteiger partial charge in [-0.05, 0) is 98.2 Å². The molecule has 60 heavy (non-hydrogen) atoms. The zero-order chi connectivity index (χ0) is 44.6. The third-order valence-corrected chi connectivity index (χ3v) is 14.8. The molecule has 0 spiro atoms. The van der Waals surface area contributed by atoms with Crippen molar-refractivity contribution in [1.82, 2.24) is 0 Å². The third kappa shape index (κ3) is 9.58. The predicted octanol–water partition coefficient (Wildman–Crippen LogP) is 7.10. The number of alkyl halides is 2. The van der Waals surface area contributed by atoms with E-state index in [1.54, 1.807) is 60.7 Å². The van der Waals surface area contributed by atoms with Gasteiger partial charge in [0.05, 0.1) is 34.8 Å². The first-order valence-electron chi connectivity index (χ1n) is 19.4. The van der Waals surface area contributed by atoms with Crippen molar-refractivity contribution < 1.29 is 47.1 Å². The zero-order valence-corrected chi connectivity index (χ0v) is 36.9. The summed E-state index contributed by atoms with van der Waals surface area (Å²) in [5, 5.41) is 15.2. The van der Waals surface area contributed by atoms with Crippen molar-refractivity contribution >= 4 is 47.3 Å². The fraction of sp³-hybridized carbons (Fsp3) is 0.452. The van der Waals surface area contributed by atoms with Gasteiger partial charge in [-0.2, -0.15) is 44.6 Å². The van der Waals surface area contributed by atoms with Gasteiger partial charge < -0.3 is 9.80 Å². The highest BCUT2D eigenvalue weighted by molar-refractivity contribution is 7.86. The van der Waals surface area contributed by atoms with Crippen molar-refractivity contribution in [2.45, 2.75) is 89.2 Å². The van der Waals surface area contributed by atoms with Gasteiger partial charge in [0.1, 0.15) is 0 Å². The molecule has 1 fully saturated rings. The molecule has 1 saturated carbocycles. The molecule has 5 rings (SSSR count). The Hall–Kier alpha value is -4.72. The topological polar surface area (TPSA) is 200 Å². The second kappa shape index (κ2) is 17.0. The Bertz CT molecular complexity index is 2510. The number of unbranched alkanes of at least 4 members (excludes halogenated alkanes) is 2. The molecule has 2 aromatic carbocycles. The maximum absolute atomic E-state index is 14.8. The summed E-state index contributed by atoms with van der Waals surface area (Å²) < 4.78 is 121. The van der Waals surface area contributed by atoms with Crippen LogP contribution in [0.1, 0.15) is 95.4 Å². The summed E-state index contributed by atoms with van der Waals surface area (Å²) in [5.74, 6) is -0.841. The molecule has 0 bridgehead atoms. The number of halogens is 2. The van der Waals surface area contributed by atoms with Gasteiger partial charge in [-0.1, -0.05) is 39.8 Å². The molecule has 2 heterocycles. The van der Waals surface area contributed by atoms with E-state index in [1.165, 1.54) is 0 Å². The van der Waals surface area contributed by atoms with Gasteiger partial charge in [-0.15, -0.1) is 3.98 Å². The van der Waals surface area contributed by atoms with E-state index in [1.807, 2.05) is 37.5 Å². The van der Waals surface area contributed by atoms with Crippen molar-refractivity contribution in [2.24, 2.45) is 0 Å². The third-order valence-electron chi connectivity index (χ3n) is 11.4. The molecule has 2 aliphatic heterocycles. The van der Waals surface area contributed by atoms with E-state index in [2.05, 4.69) is 12.1 Å². The summed E-state index contributed by atoms with van der Waals surface area (Å²) in [6.07, 6.45) is 8.71. The summed E-state index contributed by atoms with van der Waals surface area (Å²) >= 11 is 0. The van der Waals surface area contributed by atoms with E-state index in [-0.39, 0.29) is 31.4 Å². The number of anilines is 2. The van der Waals surface area contributed by atoms with Crippen LogP contribution < -0.4 is 9.80 Å². The van der Waals surface area contributed by atoms with Gasteiger partial charge in [0, 0.05) is 64.8 Å². The normalized spacial score (nSPS) is 21.1. The van der Waals surface area contributed by atoms with Gasteiger partial charge in [-0.3, -0.25) is 9.11 Å². The largest absolute Gasteiger partial charge is 0.429 e. The summed E-state index contributed by atoms with van der Waals surface area (Å²) in [6, 6.07) is 14.8. The molecule has 0 saturated heterocycles. The van der Waals surface area contributed by atoms with E-state index in [9.17, 15) is 53.7 Å². The lowest BCUT2D eigenvalue weighted by atomic mass is 9.83. The lowest BCUT2D eigenvalue weighted by molar-refractivity contribution is -0.334. The van der Waals surface area contributed by atoms with Crippen LogP contribution >= 0.6 is 0 Å². The van der Waals surface area contributed by atoms with Gasteiger partial charge >= 0.3 is 15.3 Å². The second-order valence-corrected chi connectivity index (χ2v) is 21.7. The molecule has 322 valence electrons. The Balaban J connectivity index is 1.63.